The minimum atomic E-state index is -0.845. The molecule has 0 saturated carbocycles. The van der Waals surface area contributed by atoms with E-state index in [0.717, 1.165) is 18.4 Å². The maximum atomic E-state index is 12.1. The number of amides is 3. The third kappa shape index (κ3) is 5.56. The fraction of sp³-hybridized carbons (Fsp3) is 0.222. The summed E-state index contributed by atoms with van der Waals surface area (Å²) in [6.07, 6.45) is 1.81. The summed E-state index contributed by atoms with van der Waals surface area (Å²) >= 11 is 0. The first kappa shape index (κ1) is 16.7. The Hall–Kier alpha value is -2.66. The maximum Gasteiger partial charge on any atom is 0.318 e. The van der Waals surface area contributed by atoms with Crippen molar-refractivity contribution < 1.29 is 9.59 Å². The van der Waals surface area contributed by atoms with Crippen LogP contribution in [0.1, 0.15) is 23.6 Å². The average Bonchev–Trinajstić information content (AvgIpc) is 2.56. The zero-order chi connectivity index (χ0) is 16.5. The molecule has 0 aliphatic heterocycles. The molecule has 0 bridgehead atoms. The second kappa shape index (κ2) is 8.70. The molecule has 0 aliphatic carbocycles. The Kier molecular flexibility index (Phi) is 6.32. The van der Waals surface area contributed by atoms with Crippen LogP contribution < -0.4 is 16.4 Å². The number of benzene rings is 2. The quantitative estimate of drug-likeness (QED) is 0.685. The number of hydrogen-bond donors (Lipinski definition) is 3. The molecule has 0 radical (unpaired) electrons. The number of imide groups is 1. The van der Waals surface area contributed by atoms with Gasteiger partial charge in [0, 0.05) is 0 Å². The topological polar surface area (TPSA) is 84.2 Å². The molecule has 1 atom stereocenters. The normalized spacial score (nSPS) is 11.7. The molecule has 23 heavy (non-hydrogen) atoms. The van der Waals surface area contributed by atoms with Crippen molar-refractivity contribution >= 4 is 11.9 Å². The summed E-state index contributed by atoms with van der Waals surface area (Å²) in [7, 11) is 0. The standard InChI is InChI=1S/C18H21N3O2/c19-18(23)21-17(22)16(15-11-5-2-6-12-15)20-13-7-10-14-8-3-1-4-9-14/h1-6,8-9,11-12,16,20H,7,10,13H2,(H3,19,21,22,23)/t16-/m0/s1. The predicted octanol–water partition coefficient (Wildman–Crippen LogP) is 2.15. The highest BCUT2D eigenvalue weighted by Crippen LogP contribution is 2.13. The summed E-state index contributed by atoms with van der Waals surface area (Å²) in [5.41, 5.74) is 7.10. The third-order valence-corrected chi connectivity index (χ3v) is 3.48. The molecule has 0 saturated heterocycles. The van der Waals surface area contributed by atoms with Crippen LogP contribution in [0.5, 0.6) is 0 Å². The number of carbonyl (C=O) groups is 2. The van der Waals surface area contributed by atoms with Gasteiger partial charge in [-0.3, -0.25) is 10.1 Å². The van der Waals surface area contributed by atoms with E-state index in [-0.39, 0.29) is 0 Å². The number of rotatable bonds is 7. The van der Waals surface area contributed by atoms with Crippen molar-refractivity contribution in [3.05, 3.63) is 71.8 Å². The Bertz CT molecular complexity index is 629. The average molecular weight is 311 g/mol. The first-order valence-corrected chi connectivity index (χ1v) is 7.59. The van der Waals surface area contributed by atoms with E-state index in [1.807, 2.05) is 48.5 Å². The van der Waals surface area contributed by atoms with Gasteiger partial charge in [-0.2, -0.15) is 0 Å². The van der Waals surface area contributed by atoms with Gasteiger partial charge >= 0.3 is 6.03 Å². The molecule has 0 unspecified atom stereocenters. The molecule has 2 aromatic rings. The van der Waals surface area contributed by atoms with Gasteiger partial charge in [0.25, 0.3) is 0 Å². The second-order valence-corrected chi connectivity index (χ2v) is 5.24. The van der Waals surface area contributed by atoms with E-state index in [1.54, 1.807) is 0 Å². The molecule has 4 N–H and O–H groups in total. The number of urea groups is 1. The third-order valence-electron chi connectivity index (χ3n) is 3.48. The van der Waals surface area contributed by atoms with E-state index >= 15 is 0 Å². The van der Waals surface area contributed by atoms with E-state index in [9.17, 15) is 9.59 Å². The van der Waals surface area contributed by atoms with E-state index in [4.69, 9.17) is 5.73 Å². The van der Waals surface area contributed by atoms with Crippen LogP contribution in [0.2, 0.25) is 0 Å². The van der Waals surface area contributed by atoms with Crippen LogP contribution in [0.15, 0.2) is 60.7 Å². The molecular weight excluding hydrogens is 290 g/mol. The van der Waals surface area contributed by atoms with E-state index in [0.29, 0.717) is 6.54 Å². The highest BCUT2D eigenvalue weighted by Gasteiger charge is 2.20. The van der Waals surface area contributed by atoms with Gasteiger partial charge in [0.2, 0.25) is 5.91 Å². The van der Waals surface area contributed by atoms with Gasteiger partial charge in [0.1, 0.15) is 6.04 Å². The summed E-state index contributed by atoms with van der Waals surface area (Å²) in [5, 5.41) is 5.33. The van der Waals surface area contributed by atoms with Crippen LogP contribution in [-0.4, -0.2) is 18.5 Å². The lowest BCUT2D eigenvalue weighted by Gasteiger charge is -2.18. The molecule has 120 valence electrons. The van der Waals surface area contributed by atoms with Gasteiger partial charge in [-0.15, -0.1) is 0 Å². The van der Waals surface area contributed by atoms with Crippen molar-refractivity contribution in [2.45, 2.75) is 18.9 Å². The van der Waals surface area contributed by atoms with E-state index in [2.05, 4.69) is 22.8 Å². The molecule has 5 nitrogen and oxygen atoms in total. The Labute approximate surface area is 135 Å². The number of carbonyl (C=O) groups excluding carboxylic acids is 2. The van der Waals surface area contributed by atoms with Crippen molar-refractivity contribution in [3.8, 4) is 0 Å². The molecule has 2 aromatic carbocycles. The fourth-order valence-electron chi connectivity index (χ4n) is 2.38. The molecule has 0 spiro atoms. The summed E-state index contributed by atoms with van der Waals surface area (Å²) in [4.78, 5) is 23.1. The van der Waals surface area contributed by atoms with Crippen molar-refractivity contribution in [2.24, 2.45) is 5.73 Å². The lowest BCUT2D eigenvalue weighted by Crippen LogP contribution is -2.43. The SMILES string of the molecule is NC(=O)NC(=O)[C@@H](NCCCc1ccccc1)c1ccccc1. The van der Waals surface area contributed by atoms with Crippen molar-refractivity contribution in [1.29, 1.82) is 0 Å². The van der Waals surface area contributed by atoms with Crippen LogP contribution in [0, 0.1) is 0 Å². The largest absolute Gasteiger partial charge is 0.351 e. The molecular formula is C18H21N3O2. The first-order chi connectivity index (χ1) is 11.2. The summed E-state index contributed by atoms with van der Waals surface area (Å²) in [6.45, 7) is 0.653. The zero-order valence-electron chi connectivity index (χ0n) is 12.9. The molecule has 5 heteroatoms. The molecule has 0 aliphatic rings. The Morgan fingerprint density at radius 3 is 2.17 bits per heavy atom. The Morgan fingerprint density at radius 1 is 0.957 bits per heavy atom. The molecule has 0 heterocycles. The highest BCUT2D eigenvalue weighted by molar-refractivity contribution is 5.96. The lowest BCUT2D eigenvalue weighted by atomic mass is 10.1. The van der Waals surface area contributed by atoms with Crippen molar-refractivity contribution in [2.75, 3.05) is 6.54 Å². The maximum absolute atomic E-state index is 12.1. The molecule has 2 rings (SSSR count). The molecule has 3 amide bonds. The monoisotopic (exact) mass is 311 g/mol. The van der Waals surface area contributed by atoms with Gasteiger partial charge in [-0.05, 0) is 30.5 Å². The lowest BCUT2D eigenvalue weighted by molar-refractivity contribution is -0.122. The second-order valence-electron chi connectivity index (χ2n) is 5.24. The number of primary amides is 1. The summed E-state index contributed by atoms with van der Waals surface area (Å²) in [6, 6.07) is 18.0. The molecule has 0 aromatic heterocycles. The van der Waals surface area contributed by atoms with Crippen LogP contribution in [0.4, 0.5) is 4.79 Å². The predicted molar refractivity (Wildman–Crippen MR) is 89.7 cm³/mol. The van der Waals surface area contributed by atoms with Gasteiger partial charge in [0.15, 0.2) is 0 Å². The Morgan fingerprint density at radius 2 is 1.57 bits per heavy atom. The van der Waals surface area contributed by atoms with Crippen LogP contribution in [-0.2, 0) is 11.2 Å². The molecule has 0 fully saturated rings. The van der Waals surface area contributed by atoms with Gasteiger partial charge in [-0.25, -0.2) is 4.79 Å². The van der Waals surface area contributed by atoms with Gasteiger partial charge in [0.05, 0.1) is 0 Å². The number of nitrogens with two attached hydrogens (primary N) is 1. The highest BCUT2D eigenvalue weighted by atomic mass is 16.2. The van der Waals surface area contributed by atoms with E-state index < -0.39 is 18.0 Å². The van der Waals surface area contributed by atoms with Gasteiger partial charge < -0.3 is 11.1 Å². The van der Waals surface area contributed by atoms with E-state index in [1.165, 1.54) is 5.56 Å². The minimum Gasteiger partial charge on any atom is -0.351 e. The first-order valence-electron chi connectivity index (χ1n) is 7.59. The smallest absolute Gasteiger partial charge is 0.318 e. The fourth-order valence-corrected chi connectivity index (χ4v) is 2.38. The Balaban J connectivity index is 1.92. The number of aryl methyl sites for hydroxylation is 1. The number of nitrogens with one attached hydrogen (secondary N) is 2. The van der Waals surface area contributed by atoms with Crippen LogP contribution >= 0.6 is 0 Å². The van der Waals surface area contributed by atoms with Crippen molar-refractivity contribution in [3.63, 3.8) is 0 Å². The van der Waals surface area contributed by atoms with Crippen LogP contribution in [0.25, 0.3) is 0 Å². The summed E-state index contributed by atoms with van der Waals surface area (Å²) in [5.74, 6) is -0.441. The van der Waals surface area contributed by atoms with Crippen molar-refractivity contribution in [1.82, 2.24) is 10.6 Å². The van der Waals surface area contributed by atoms with Crippen LogP contribution in [0.3, 0.4) is 0 Å². The number of hydrogen-bond acceptors (Lipinski definition) is 3. The van der Waals surface area contributed by atoms with Gasteiger partial charge in [-0.1, -0.05) is 60.7 Å². The zero-order valence-corrected chi connectivity index (χ0v) is 12.9. The minimum absolute atomic E-state index is 0.441. The summed E-state index contributed by atoms with van der Waals surface area (Å²) < 4.78 is 0.